The minimum absolute atomic E-state index is 0. The maximum Gasteiger partial charge on any atom is 0.193 e. The van der Waals surface area contributed by atoms with Crippen molar-refractivity contribution in [1.29, 1.82) is 0 Å². The molecule has 158 valence electrons. The number of hydrogen-bond donors (Lipinski definition) is 2. The highest BCUT2D eigenvalue weighted by Crippen LogP contribution is 2.27. The number of piperazine rings is 1. The molecule has 2 fully saturated rings. The number of aromatic hydroxyl groups is 1. The summed E-state index contributed by atoms with van der Waals surface area (Å²) in [6.45, 7) is 7.65. The standard InChI is InChI=1S/C20H32N4O3.HI/c1-21-20(22-8-4-13-26-15-17-7-14-27-16-17)24-11-9-23(10-12-24)18-5-2-3-6-19(18)25;/h2-3,5-6,17,25H,4,7-16H2,1H3,(H,21,22);1H. The molecule has 0 aromatic heterocycles. The van der Waals surface area contributed by atoms with Crippen LogP contribution in [0.25, 0.3) is 0 Å². The maximum absolute atomic E-state index is 10.0. The second-order valence-corrected chi connectivity index (χ2v) is 7.09. The van der Waals surface area contributed by atoms with Crippen LogP contribution in [0.2, 0.25) is 0 Å². The number of halogens is 1. The first-order valence-corrected chi connectivity index (χ1v) is 9.92. The lowest BCUT2D eigenvalue weighted by atomic mass is 10.1. The summed E-state index contributed by atoms with van der Waals surface area (Å²) in [6.07, 6.45) is 2.09. The molecule has 3 rings (SSSR count). The highest BCUT2D eigenvalue weighted by Gasteiger charge is 2.21. The number of ether oxygens (including phenoxy) is 2. The molecule has 1 aromatic carbocycles. The summed E-state index contributed by atoms with van der Waals surface area (Å²) in [4.78, 5) is 8.91. The molecule has 0 spiro atoms. The molecule has 0 saturated carbocycles. The Bertz CT molecular complexity index is 603. The molecular weight excluding hydrogens is 471 g/mol. The monoisotopic (exact) mass is 504 g/mol. The summed E-state index contributed by atoms with van der Waals surface area (Å²) in [5.41, 5.74) is 0.907. The van der Waals surface area contributed by atoms with E-state index in [0.29, 0.717) is 11.7 Å². The van der Waals surface area contributed by atoms with Crippen molar-refractivity contribution < 1.29 is 14.6 Å². The van der Waals surface area contributed by atoms with Crippen molar-refractivity contribution in [3.05, 3.63) is 24.3 Å². The van der Waals surface area contributed by atoms with Gasteiger partial charge in [0.1, 0.15) is 5.75 Å². The molecule has 0 bridgehead atoms. The van der Waals surface area contributed by atoms with Gasteiger partial charge in [0, 0.05) is 58.9 Å². The van der Waals surface area contributed by atoms with Gasteiger partial charge in [-0.3, -0.25) is 4.99 Å². The minimum Gasteiger partial charge on any atom is -0.506 e. The van der Waals surface area contributed by atoms with Gasteiger partial charge in [0.15, 0.2) is 5.96 Å². The summed E-state index contributed by atoms with van der Waals surface area (Å²) in [5, 5.41) is 13.5. The number of benzene rings is 1. The molecular formula is C20H33IN4O3. The fraction of sp³-hybridized carbons (Fsp3) is 0.650. The van der Waals surface area contributed by atoms with E-state index in [2.05, 4.69) is 20.1 Å². The van der Waals surface area contributed by atoms with Gasteiger partial charge in [0.25, 0.3) is 0 Å². The molecule has 2 N–H and O–H groups in total. The zero-order valence-electron chi connectivity index (χ0n) is 16.7. The predicted molar refractivity (Wildman–Crippen MR) is 123 cm³/mol. The third-order valence-corrected chi connectivity index (χ3v) is 5.14. The SMILES string of the molecule is CN=C(NCCCOCC1CCOC1)N1CCN(c2ccccc2O)CC1.I. The molecule has 2 aliphatic rings. The van der Waals surface area contributed by atoms with Crippen LogP contribution in [-0.4, -0.2) is 82.2 Å². The van der Waals surface area contributed by atoms with Gasteiger partial charge in [-0.15, -0.1) is 24.0 Å². The first-order valence-electron chi connectivity index (χ1n) is 9.92. The first kappa shape index (κ1) is 23.0. The van der Waals surface area contributed by atoms with E-state index in [0.717, 1.165) is 83.6 Å². The van der Waals surface area contributed by atoms with Crippen LogP contribution in [0.4, 0.5) is 5.69 Å². The number of nitrogens with one attached hydrogen (secondary N) is 1. The number of nitrogens with zero attached hydrogens (tertiary/aromatic N) is 3. The molecule has 0 aliphatic carbocycles. The highest BCUT2D eigenvalue weighted by atomic mass is 127. The van der Waals surface area contributed by atoms with Crippen molar-refractivity contribution in [3.8, 4) is 5.75 Å². The second-order valence-electron chi connectivity index (χ2n) is 7.09. The van der Waals surface area contributed by atoms with Crippen LogP contribution < -0.4 is 10.2 Å². The van der Waals surface area contributed by atoms with Gasteiger partial charge >= 0.3 is 0 Å². The van der Waals surface area contributed by atoms with E-state index in [-0.39, 0.29) is 24.0 Å². The van der Waals surface area contributed by atoms with E-state index in [4.69, 9.17) is 9.47 Å². The van der Waals surface area contributed by atoms with Gasteiger partial charge in [-0.2, -0.15) is 0 Å². The molecule has 0 amide bonds. The lowest BCUT2D eigenvalue weighted by molar-refractivity contribution is 0.0887. The highest BCUT2D eigenvalue weighted by molar-refractivity contribution is 14.0. The number of phenolic OH excluding ortho intramolecular Hbond substituents is 1. The molecule has 2 heterocycles. The van der Waals surface area contributed by atoms with Crippen LogP contribution in [0.15, 0.2) is 29.3 Å². The molecule has 0 radical (unpaired) electrons. The zero-order chi connectivity index (χ0) is 18.9. The van der Waals surface area contributed by atoms with Crippen LogP contribution in [0.5, 0.6) is 5.75 Å². The maximum atomic E-state index is 10.0. The van der Waals surface area contributed by atoms with E-state index < -0.39 is 0 Å². The van der Waals surface area contributed by atoms with Crippen molar-refractivity contribution in [3.63, 3.8) is 0 Å². The van der Waals surface area contributed by atoms with Crippen molar-refractivity contribution in [1.82, 2.24) is 10.2 Å². The number of rotatable bonds is 7. The quantitative estimate of drug-likeness (QED) is 0.257. The average Bonchev–Trinajstić information content (AvgIpc) is 3.22. The summed E-state index contributed by atoms with van der Waals surface area (Å²) >= 11 is 0. The molecule has 28 heavy (non-hydrogen) atoms. The van der Waals surface area contributed by atoms with Crippen molar-refractivity contribution in [2.75, 3.05) is 71.1 Å². The van der Waals surface area contributed by atoms with E-state index in [9.17, 15) is 5.11 Å². The molecule has 1 aromatic rings. The van der Waals surface area contributed by atoms with Crippen LogP contribution in [0.1, 0.15) is 12.8 Å². The van der Waals surface area contributed by atoms with Crippen LogP contribution in [-0.2, 0) is 9.47 Å². The average molecular weight is 504 g/mol. The summed E-state index contributed by atoms with van der Waals surface area (Å²) in [7, 11) is 1.83. The lowest BCUT2D eigenvalue weighted by Crippen LogP contribution is -2.52. The Hall–Kier alpha value is -1.26. The Kier molecular flexibility index (Phi) is 10.1. The molecule has 1 unspecified atom stereocenters. The fourth-order valence-corrected chi connectivity index (χ4v) is 3.56. The number of para-hydroxylation sites is 2. The topological polar surface area (TPSA) is 69.6 Å². The van der Waals surface area contributed by atoms with Gasteiger partial charge in [0.2, 0.25) is 0 Å². The predicted octanol–water partition coefficient (Wildman–Crippen LogP) is 2.15. The second kappa shape index (κ2) is 12.3. The number of anilines is 1. The molecule has 1 atom stereocenters. The number of aliphatic imine (C=N–C) groups is 1. The van der Waals surface area contributed by atoms with Gasteiger partial charge in [-0.1, -0.05) is 12.1 Å². The van der Waals surface area contributed by atoms with Gasteiger partial charge in [-0.05, 0) is 25.0 Å². The fourth-order valence-electron chi connectivity index (χ4n) is 3.56. The van der Waals surface area contributed by atoms with E-state index >= 15 is 0 Å². The molecule has 7 nitrogen and oxygen atoms in total. The molecule has 8 heteroatoms. The zero-order valence-corrected chi connectivity index (χ0v) is 19.0. The van der Waals surface area contributed by atoms with Crippen molar-refractivity contribution in [2.24, 2.45) is 10.9 Å². The van der Waals surface area contributed by atoms with Gasteiger partial charge in [-0.25, -0.2) is 0 Å². The van der Waals surface area contributed by atoms with Gasteiger partial charge < -0.3 is 29.7 Å². The van der Waals surface area contributed by atoms with Crippen LogP contribution in [0, 0.1) is 5.92 Å². The van der Waals surface area contributed by atoms with Crippen LogP contribution in [0.3, 0.4) is 0 Å². The number of phenols is 1. The first-order chi connectivity index (χ1) is 13.3. The van der Waals surface area contributed by atoms with Crippen LogP contribution >= 0.6 is 24.0 Å². The van der Waals surface area contributed by atoms with Crippen molar-refractivity contribution in [2.45, 2.75) is 12.8 Å². The molecule has 2 saturated heterocycles. The number of guanidine groups is 1. The summed E-state index contributed by atoms with van der Waals surface area (Å²) in [6, 6.07) is 7.52. The Morgan fingerprint density at radius 3 is 2.75 bits per heavy atom. The summed E-state index contributed by atoms with van der Waals surface area (Å²) < 4.78 is 11.1. The third-order valence-electron chi connectivity index (χ3n) is 5.14. The van der Waals surface area contributed by atoms with E-state index in [1.165, 1.54) is 0 Å². The lowest BCUT2D eigenvalue weighted by Gasteiger charge is -2.37. The Labute approximate surface area is 185 Å². The van der Waals surface area contributed by atoms with Gasteiger partial charge in [0.05, 0.1) is 18.9 Å². The van der Waals surface area contributed by atoms with E-state index in [1.54, 1.807) is 6.07 Å². The normalized spacial score (nSPS) is 20.2. The molecule has 2 aliphatic heterocycles. The Morgan fingerprint density at radius 2 is 2.07 bits per heavy atom. The smallest absolute Gasteiger partial charge is 0.193 e. The largest absolute Gasteiger partial charge is 0.506 e. The Balaban J connectivity index is 0.00000280. The minimum atomic E-state index is 0. The third kappa shape index (κ3) is 6.66. The van der Waals surface area contributed by atoms with E-state index in [1.807, 2.05) is 25.2 Å². The number of hydrogen-bond acceptors (Lipinski definition) is 5. The van der Waals surface area contributed by atoms with Crippen molar-refractivity contribution >= 4 is 35.6 Å². The Morgan fingerprint density at radius 1 is 1.29 bits per heavy atom. The summed E-state index contributed by atoms with van der Waals surface area (Å²) in [5.74, 6) is 1.86.